The van der Waals surface area contributed by atoms with Gasteiger partial charge in [0.25, 0.3) is 11.1 Å². The first-order chi connectivity index (χ1) is 10.8. The zero-order chi connectivity index (χ0) is 15.4. The molecule has 6 nitrogen and oxygen atoms in total. The number of nitrogens with one attached hydrogen (secondary N) is 1. The van der Waals surface area contributed by atoms with Crippen molar-refractivity contribution >= 4 is 17.7 Å². The Morgan fingerprint density at radius 1 is 1.27 bits per heavy atom. The van der Waals surface area contributed by atoms with E-state index in [9.17, 15) is 4.79 Å². The number of hydrogen-bond donors (Lipinski definition) is 1. The minimum absolute atomic E-state index is 0.341. The zero-order valence-corrected chi connectivity index (χ0v) is 12.6. The molecule has 0 bridgehead atoms. The van der Waals surface area contributed by atoms with E-state index in [0.29, 0.717) is 22.4 Å². The second kappa shape index (κ2) is 6.48. The quantitative estimate of drug-likeness (QED) is 0.575. The van der Waals surface area contributed by atoms with Gasteiger partial charge in [0, 0.05) is 11.9 Å². The molecule has 1 N–H and O–H groups in total. The maximum Gasteiger partial charge on any atom is 0.337 e. The van der Waals surface area contributed by atoms with Crippen LogP contribution in [0.15, 0.2) is 52.2 Å². The fraction of sp³-hybridized carbons (Fsp3) is 0.133. The average molecular weight is 315 g/mol. The van der Waals surface area contributed by atoms with Gasteiger partial charge in [-0.3, -0.25) is 0 Å². The summed E-state index contributed by atoms with van der Waals surface area (Å²) in [5.74, 6) is 0.800. The Bertz CT molecular complexity index is 751. The van der Waals surface area contributed by atoms with Crippen molar-refractivity contribution in [2.24, 2.45) is 0 Å². The lowest BCUT2D eigenvalue weighted by Gasteiger charge is -2.01. The van der Waals surface area contributed by atoms with E-state index in [0.717, 1.165) is 11.3 Å². The number of esters is 1. The number of aromatic amines is 1. The third-order valence-corrected chi connectivity index (χ3v) is 3.86. The van der Waals surface area contributed by atoms with Crippen LogP contribution in [0.2, 0.25) is 0 Å². The van der Waals surface area contributed by atoms with Gasteiger partial charge in [-0.05, 0) is 29.8 Å². The van der Waals surface area contributed by atoms with E-state index in [4.69, 9.17) is 4.42 Å². The molecule has 0 fully saturated rings. The van der Waals surface area contributed by atoms with Gasteiger partial charge in [-0.1, -0.05) is 23.9 Å². The molecule has 0 saturated heterocycles. The van der Waals surface area contributed by atoms with E-state index in [2.05, 4.69) is 19.9 Å². The summed E-state index contributed by atoms with van der Waals surface area (Å²) < 4.78 is 10.2. The highest BCUT2D eigenvalue weighted by Crippen LogP contribution is 2.25. The maximum absolute atomic E-state index is 11.4. The molecule has 0 aliphatic heterocycles. The van der Waals surface area contributed by atoms with Crippen LogP contribution < -0.4 is 0 Å². The topological polar surface area (TPSA) is 81.0 Å². The van der Waals surface area contributed by atoms with Crippen LogP contribution in [-0.2, 0) is 10.5 Å². The van der Waals surface area contributed by atoms with Gasteiger partial charge in [0.05, 0.1) is 12.7 Å². The van der Waals surface area contributed by atoms with Gasteiger partial charge < -0.3 is 14.1 Å². The molecule has 3 aromatic rings. The summed E-state index contributed by atoms with van der Waals surface area (Å²) >= 11 is 1.44. The second-order valence-electron chi connectivity index (χ2n) is 4.43. The van der Waals surface area contributed by atoms with E-state index < -0.39 is 0 Å². The summed E-state index contributed by atoms with van der Waals surface area (Å²) in [5.41, 5.74) is 2.38. The lowest BCUT2D eigenvalue weighted by molar-refractivity contribution is 0.0600. The number of carbonyl (C=O) groups is 1. The molecule has 2 heterocycles. The molecule has 1 aromatic carbocycles. The number of rotatable bonds is 5. The van der Waals surface area contributed by atoms with Gasteiger partial charge in [0.1, 0.15) is 5.69 Å². The molecule has 0 aliphatic carbocycles. The molecule has 0 atom stereocenters. The molecule has 0 aliphatic rings. The molecule has 3 rings (SSSR count). The molecule has 0 saturated carbocycles. The molecule has 22 heavy (non-hydrogen) atoms. The van der Waals surface area contributed by atoms with Crippen molar-refractivity contribution in [3.8, 4) is 11.6 Å². The molecule has 2 aromatic heterocycles. The molecular formula is C15H13N3O3S. The van der Waals surface area contributed by atoms with Crippen LogP contribution in [0.5, 0.6) is 0 Å². The van der Waals surface area contributed by atoms with Gasteiger partial charge in [-0.25, -0.2) is 4.79 Å². The number of carbonyl (C=O) groups excluding carboxylic acids is 1. The van der Waals surface area contributed by atoms with Crippen molar-refractivity contribution in [3.63, 3.8) is 0 Å². The van der Waals surface area contributed by atoms with Crippen LogP contribution in [0.25, 0.3) is 11.6 Å². The smallest absolute Gasteiger partial charge is 0.337 e. The normalized spacial score (nSPS) is 10.6. The van der Waals surface area contributed by atoms with Crippen molar-refractivity contribution in [2.45, 2.75) is 11.0 Å². The van der Waals surface area contributed by atoms with E-state index in [1.807, 2.05) is 24.3 Å². The van der Waals surface area contributed by atoms with Crippen LogP contribution in [0.1, 0.15) is 15.9 Å². The van der Waals surface area contributed by atoms with Crippen LogP contribution in [0, 0.1) is 0 Å². The third-order valence-electron chi connectivity index (χ3n) is 2.97. The van der Waals surface area contributed by atoms with E-state index in [-0.39, 0.29) is 5.97 Å². The minimum atomic E-state index is -0.341. The highest BCUT2D eigenvalue weighted by Gasteiger charge is 2.10. The summed E-state index contributed by atoms with van der Waals surface area (Å²) in [5, 5.41) is 8.49. The van der Waals surface area contributed by atoms with Crippen molar-refractivity contribution < 1.29 is 13.9 Å². The summed E-state index contributed by atoms with van der Waals surface area (Å²) in [6.07, 6.45) is 1.80. The fourth-order valence-electron chi connectivity index (χ4n) is 1.84. The van der Waals surface area contributed by atoms with Gasteiger partial charge in [-0.2, -0.15) is 0 Å². The Morgan fingerprint density at radius 3 is 2.77 bits per heavy atom. The number of hydrogen-bond acceptors (Lipinski definition) is 6. The Kier molecular flexibility index (Phi) is 4.24. The maximum atomic E-state index is 11.4. The number of nitrogens with zero attached hydrogens (tertiary/aromatic N) is 2. The largest absolute Gasteiger partial charge is 0.465 e. The first-order valence-electron chi connectivity index (χ1n) is 6.53. The molecule has 0 unspecified atom stereocenters. The van der Waals surface area contributed by atoms with Crippen LogP contribution in [0.4, 0.5) is 0 Å². The lowest BCUT2D eigenvalue weighted by atomic mass is 10.1. The monoisotopic (exact) mass is 315 g/mol. The Balaban J connectivity index is 1.62. The number of methoxy groups -OCH3 is 1. The Hall–Kier alpha value is -2.54. The molecule has 0 amide bonds. The molecule has 0 radical (unpaired) electrons. The van der Waals surface area contributed by atoms with Crippen molar-refractivity contribution in [3.05, 3.63) is 53.7 Å². The number of benzene rings is 1. The van der Waals surface area contributed by atoms with Crippen molar-refractivity contribution in [2.75, 3.05) is 7.11 Å². The highest BCUT2D eigenvalue weighted by atomic mass is 32.2. The molecule has 112 valence electrons. The number of thioether (sulfide) groups is 1. The Labute approximate surface area is 130 Å². The second-order valence-corrected chi connectivity index (χ2v) is 5.36. The predicted octanol–water partition coefficient (Wildman–Crippen LogP) is 3.14. The number of H-pyrrole nitrogens is 1. The minimum Gasteiger partial charge on any atom is -0.465 e. The number of ether oxygens (including phenoxy) is 1. The van der Waals surface area contributed by atoms with Gasteiger partial charge >= 0.3 is 5.97 Å². The van der Waals surface area contributed by atoms with Crippen molar-refractivity contribution in [1.82, 2.24) is 15.2 Å². The van der Waals surface area contributed by atoms with E-state index in [1.54, 1.807) is 18.3 Å². The lowest BCUT2D eigenvalue weighted by Crippen LogP contribution is -2.00. The molecule has 0 spiro atoms. The molecule has 7 heteroatoms. The first-order valence-corrected chi connectivity index (χ1v) is 7.52. The van der Waals surface area contributed by atoms with Crippen molar-refractivity contribution in [1.29, 1.82) is 0 Å². The number of aromatic nitrogens is 3. The fourth-order valence-corrected chi connectivity index (χ4v) is 2.56. The van der Waals surface area contributed by atoms with Gasteiger partial charge in [-0.15, -0.1) is 10.2 Å². The Morgan fingerprint density at radius 2 is 2.09 bits per heavy atom. The highest BCUT2D eigenvalue weighted by molar-refractivity contribution is 7.98. The zero-order valence-electron chi connectivity index (χ0n) is 11.8. The summed E-state index contributed by atoms with van der Waals surface area (Å²) in [7, 11) is 1.36. The van der Waals surface area contributed by atoms with E-state index in [1.165, 1.54) is 18.9 Å². The van der Waals surface area contributed by atoms with Crippen LogP contribution in [-0.4, -0.2) is 28.3 Å². The average Bonchev–Trinajstić information content (AvgIpc) is 3.23. The van der Waals surface area contributed by atoms with Crippen LogP contribution >= 0.6 is 11.8 Å². The summed E-state index contributed by atoms with van der Waals surface area (Å²) in [4.78, 5) is 14.4. The summed E-state index contributed by atoms with van der Waals surface area (Å²) in [6.45, 7) is 0. The predicted molar refractivity (Wildman–Crippen MR) is 81.4 cm³/mol. The standard InChI is InChI=1S/C15H13N3O3S/c1-20-14(19)11-6-4-10(5-7-11)9-22-15-18-17-13(21-15)12-3-2-8-16-12/h2-8,16H,9H2,1H3. The van der Waals surface area contributed by atoms with E-state index >= 15 is 0 Å². The molecular weight excluding hydrogens is 302 g/mol. The SMILES string of the molecule is COC(=O)c1ccc(CSc2nnc(-c3ccc[nH]3)o2)cc1. The van der Waals surface area contributed by atoms with Gasteiger partial charge in [0.15, 0.2) is 0 Å². The summed E-state index contributed by atoms with van der Waals surface area (Å²) in [6, 6.07) is 11.0. The van der Waals surface area contributed by atoms with Gasteiger partial charge in [0.2, 0.25) is 0 Å². The third kappa shape index (κ3) is 3.20. The first kappa shape index (κ1) is 14.4. The van der Waals surface area contributed by atoms with Crippen LogP contribution in [0.3, 0.4) is 0 Å².